The molecule has 3 heterocycles. The van der Waals surface area contributed by atoms with Gasteiger partial charge < -0.3 is 0 Å². The number of rotatable bonds is 1. The molecule has 3 aromatic heterocycles. The molecule has 0 aliphatic carbocycles. The summed E-state index contributed by atoms with van der Waals surface area (Å²) < 4.78 is 6.05. The Kier molecular flexibility index (Phi) is 2.96. The van der Waals surface area contributed by atoms with Crippen molar-refractivity contribution in [1.29, 1.82) is 0 Å². The Morgan fingerprint density at radius 1 is 1.17 bits per heavy atom. The second kappa shape index (κ2) is 4.79. The van der Waals surface area contributed by atoms with Crippen LogP contribution in [0.3, 0.4) is 0 Å². The second-order valence-electron chi connectivity index (χ2n) is 5.57. The molecule has 1 aromatic carbocycles. The van der Waals surface area contributed by atoms with Crippen LogP contribution in [0.2, 0.25) is 0 Å². The minimum atomic E-state index is -0.106. The van der Waals surface area contributed by atoms with Gasteiger partial charge in [-0.15, -0.1) is 0 Å². The van der Waals surface area contributed by atoms with Crippen molar-refractivity contribution < 1.29 is 0 Å². The first-order valence-electron chi connectivity index (χ1n) is 7.13. The largest absolute Gasteiger partial charge is 0.333 e. The molecule has 7 heteroatoms. The molecule has 0 saturated heterocycles. The van der Waals surface area contributed by atoms with Crippen molar-refractivity contribution in [1.82, 2.24) is 23.9 Å². The van der Waals surface area contributed by atoms with Crippen LogP contribution in [0.5, 0.6) is 0 Å². The Morgan fingerprint density at radius 3 is 2.65 bits per heavy atom. The SMILES string of the molecule is Cc1c(-n2c(=O)n(C)c3cnc4ccc(Br)cc4c32)cnn1C. The molecule has 6 nitrogen and oxygen atoms in total. The summed E-state index contributed by atoms with van der Waals surface area (Å²) in [6.07, 6.45) is 3.47. The summed E-state index contributed by atoms with van der Waals surface area (Å²) in [4.78, 5) is 17.3. The van der Waals surface area contributed by atoms with Crippen molar-refractivity contribution >= 4 is 37.9 Å². The van der Waals surface area contributed by atoms with E-state index >= 15 is 0 Å². The van der Waals surface area contributed by atoms with Gasteiger partial charge in [0.1, 0.15) is 0 Å². The smallest absolute Gasteiger partial charge is 0.293 e. The molecule has 0 aliphatic rings. The van der Waals surface area contributed by atoms with Gasteiger partial charge in [0, 0.05) is 24.0 Å². The Hall–Kier alpha value is -2.41. The fraction of sp³-hybridized carbons (Fsp3) is 0.188. The first kappa shape index (κ1) is 14.2. The number of benzene rings is 1. The van der Waals surface area contributed by atoms with E-state index < -0.39 is 0 Å². The maximum atomic E-state index is 12.8. The van der Waals surface area contributed by atoms with Crippen LogP contribution in [-0.4, -0.2) is 23.9 Å². The van der Waals surface area contributed by atoms with Crippen molar-refractivity contribution in [2.75, 3.05) is 0 Å². The van der Waals surface area contributed by atoms with Crippen LogP contribution in [-0.2, 0) is 14.1 Å². The van der Waals surface area contributed by atoms with Crippen LogP contribution >= 0.6 is 15.9 Å². The number of aromatic nitrogens is 5. The number of imidazole rings is 1. The van der Waals surface area contributed by atoms with E-state index in [0.29, 0.717) is 0 Å². The third kappa shape index (κ3) is 1.89. The standard InChI is InChI=1S/C16H14BrN5O/c1-9-13(8-19-21(9)3)22-15-11-6-10(17)4-5-12(11)18-7-14(15)20(2)16(22)23/h4-8H,1-3H3. The molecule has 0 saturated carbocycles. The van der Waals surface area contributed by atoms with Gasteiger partial charge in [0.15, 0.2) is 0 Å². The third-order valence-electron chi connectivity index (χ3n) is 4.30. The van der Waals surface area contributed by atoms with Crippen molar-refractivity contribution in [3.05, 3.63) is 51.2 Å². The third-order valence-corrected chi connectivity index (χ3v) is 4.79. The van der Waals surface area contributed by atoms with Crippen molar-refractivity contribution in [3.8, 4) is 5.69 Å². The number of halogens is 1. The Bertz CT molecular complexity index is 1130. The molecule has 0 aliphatic heterocycles. The van der Waals surface area contributed by atoms with E-state index in [2.05, 4.69) is 26.0 Å². The van der Waals surface area contributed by atoms with Gasteiger partial charge in [-0.2, -0.15) is 5.10 Å². The van der Waals surface area contributed by atoms with Crippen LogP contribution in [0, 0.1) is 6.92 Å². The average molecular weight is 372 g/mol. The predicted molar refractivity (Wildman–Crippen MR) is 93.0 cm³/mol. The first-order valence-corrected chi connectivity index (χ1v) is 7.93. The fourth-order valence-electron chi connectivity index (χ4n) is 2.90. The number of fused-ring (bicyclic) bond motifs is 3. The van der Waals surface area contributed by atoms with Crippen LogP contribution in [0.25, 0.3) is 27.6 Å². The summed E-state index contributed by atoms with van der Waals surface area (Å²) in [5.74, 6) is 0. The average Bonchev–Trinajstić information content (AvgIpc) is 2.99. The first-order chi connectivity index (χ1) is 11.0. The van der Waals surface area contributed by atoms with Crippen LogP contribution < -0.4 is 5.69 Å². The van der Waals surface area contributed by atoms with Gasteiger partial charge in [-0.05, 0) is 25.1 Å². The van der Waals surface area contributed by atoms with E-state index in [4.69, 9.17) is 0 Å². The Labute approximate surface area is 140 Å². The molecule has 0 atom stereocenters. The summed E-state index contributed by atoms with van der Waals surface area (Å²) in [6.45, 7) is 1.95. The molecular weight excluding hydrogens is 358 g/mol. The molecule has 0 radical (unpaired) electrons. The number of aryl methyl sites for hydroxylation is 2. The molecule has 0 unspecified atom stereocenters. The molecule has 0 fully saturated rings. The van der Waals surface area contributed by atoms with E-state index in [1.54, 1.807) is 33.3 Å². The normalized spacial score (nSPS) is 11.7. The lowest BCUT2D eigenvalue weighted by molar-refractivity contribution is 0.737. The van der Waals surface area contributed by atoms with Crippen molar-refractivity contribution in [2.45, 2.75) is 6.92 Å². The van der Waals surface area contributed by atoms with Gasteiger partial charge in [0.25, 0.3) is 0 Å². The lowest BCUT2D eigenvalue weighted by Crippen LogP contribution is -2.21. The lowest BCUT2D eigenvalue weighted by Gasteiger charge is -2.05. The minimum Gasteiger partial charge on any atom is -0.293 e. The van der Waals surface area contributed by atoms with E-state index in [9.17, 15) is 4.79 Å². The summed E-state index contributed by atoms with van der Waals surface area (Å²) in [5.41, 5.74) is 4.10. The van der Waals surface area contributed by atoms with E-state index in [1.807, 2.05) is 32.2 Å². The molecule has 4 rings (SSSR count). The molecule has 4 aromatic rings. The Balaban J connectivity index is 2.27. The zero-order valence-electron chi connectivity index (χ0n) is 12.9. The van der Waals surface area contributed by atoms with Crippen LogP contribution in [0.15, 0.2) is 39.9 Å². The quantitative estimate of drug-likeness (QED) is 0.516. The molecule has 0 amide bonds. The monoisotopic (exact) mass is 371 g/mol. The van der Waals surface area contributed by atoms with Crippen molar-refractivity contribution in [2.24, 2.45) is 14.1 Å². The molecule has 0 spiro atoms. The second-order valence-corrected chi connectivity index (χ2v) is 6.49. The Morgan fingerprint density at radius 2 is 1.96 bits per heavy atom. The van der Waals surface area contributed by atoms with Gasteiger partial charge in [0.05, 0.1) is 40.3 Å². The van der Waals surface area contributed by atoms with Crippen LogP contribution in [0.1, 0.15) is 5.69 Å². The molecule has 23 heavy (non-hydrogen) atoms. The van der Waals surface area contributed by atoms with E-state index in [-0.39, 0.29) is 5.69 Å². The number of hydrogen-bond donors (Lipinski definition) is 0. The van der Waals surface area contributed by atoms with Gasteiger partial charge in [0.2, 0.25) is 0 Å². The maximum Gasteiger partial charge on any atom is 0.333 e. The summed E-state index contributed by atoms with van der Waals surface area (Å²) in [6, 6.07) is 5.88. The lowest BCUT2D eigenvalue weighted by atomic mass is 10.2. The zero-order valence-corrected chi connectivity index (χ0v) is 14.5. The molecule has 0 N–H and O–H groups in total. The van der Waals surface area contributed by atoms with Crippen LogP contribution in [0.4, 0.5) is 0 Å². The predicted octanol–water partition coefficient (Wildman–Crippen LogP) is 2.68. The van der Waals surface area contributed by atoms with Gasteiger partial charge in [-0.1, -0.05) is 15.9 Å². The molecule has 0 bridgehead atoms. The number of hydrogen-bond acceptors (Lipinski definition) is 3. The highest BCUT2D eigenvalue weighted by atomic mass is 79.9. The molecular formula is C16H14BrN5O. The zero-order chi connectivity index (χ0) is 16.3. The maximum absolute atomic E-state index is 12.8. The van der Waals surface area contributed by atoms with Gasteiger partial charge in [-0.25, -0.2) is 4.79 Å². The van der Waals surface area contributed by atoms with Crippen molar-refractivity contribution in [3.63, 3.8) is 0 Å². The summed E-state index contributed by atoms with van der Waals surface area (Å²) in [5, 5.41) is 5.20. The highest BCUT2D eigenvalue weighted by Crippen LogP contribution is 2.28. The van der Waals surface area contributed by atoms with Gasteiger partial charge in [-0.3, -0.25) is 18.8 Å². The fourth-order valence-corrected chi connectivity index (χ4v) is 3.26. The minimum absolute atomic E-state index is 0.106. The number of pyridine rings is 1. The summed E-state index contributed by atoms with van der Waals surface area (Å²) in [7, 11) is 3.63. The number of nitrogens with zero attached hydrogens (tertiary/aromatic N) is 5. The van der Waals surface area contributed by atoms with E-state index in [1.165, 1.54) is 0 Å². The highest BCUT2D eigenvalue weighted by Gasteiger charge is 2.18. The van der Waals surface area contributed by atoms with E-state index in [0.717, 1.165) is 37.8 Å². The van der Waals surface area contributed by atoms with Gasteiger partial charge >= 0.3 is 5.69 Å². The topological polar surface area (TPSA) is 57.6 Å². The summed E-state index contributed by atoms with van der Waals surface area (Å²) >= 11 is 3.50. The molecule has 116 valence electrons. The highest BCUT2D eigenvalue weighted by molar-refractivity contribution is 9.10.